The van der Waals surface area contributed by atoms with Crippen LogP contribution in [0.2, 0.25) is 0 Å². The lowest BCUT2D eigenvalue weighted by molar-refractivity contribution is 0.101. The first-order chi connectivity index (χ1) is 11.5. The van der Waals surface area contributed by atoms with Crippen LogP contribution in [-0.2, 0) is 0 Å². The molecule has 0 saturated heterocycles. The van der Waals surface area contributed by atoms with E-state index < -0.39 is 0 Å². The maximum atomic E-state index is 12.4. The van der Waals surface area contributed by atoms with Crippen LogP contribution in [0.4, 0.5) is 0 Å². The van der Waals surface area contributed by atoms with E-state index in [9.17, 15) is 4.79 Å². The second-order valence-corrected chi connectivity index (χ2v) is 6.04. The molecule has 1 aromatic heterocycles. The summed E-state index contributed by atoms with van der Waals surface area (Å²) < 4.78 is 5.69. The Morgan fingerprint density at radius 3 is 2.33 bits per heavy atom. The van der Waals surface area contributed by atoms with Crippen LogP contribution >= 0.6 is 0 Å². The molecule has 1 heterocycles. The number of aryl methyl sites for hydroxylation is 2. The third-order valence-corrected chi connectivity index (χ3v) is 4.08. The highest BCUT2D eigenvalue weighted by Crippen LogP contribution is 2.37. The Morgan fingerprint density at radius 2 is 1.71 bits per heavy atom. The SMILES string of the molecule is CCOc1nc2ccc(C)cc2c(-c2ccc(C)cc2)c1C(C)=O. The van der Waals surface area contributed by atoms with Gasteiger partial charge in [0.2, 0.25) is 5.88 Å². The number of fused-ring (bicyclic) bond motifs is 1. The summed E-state index contributed by atoms with van der Waals surface area (Å²) in [6, 6.07) is 14.3. The number of ether oxygens (including phenoxy) is 1. The third-order valence-electron chi connectivity index (χ3n) is 4.08. The molecular formula is C21H21NO2. The van der Waals surface area contributed by atoms with Gasteiger partial charge in [-0.1, -0.05) is 41.5 Å². The third kappa shape index (κ3) is 2.90. The highest BCUT2D eigenvalue weighted by molar-refractivity contribution is 6.10. The molecule has 0 aliphatic rings. The van der Waals surface area contributed by atoms with E-state index in [0.717, 1.165) is 27.6 Å². The molecule has 0 spiro atoms. The van der Waals surface area contributed by atoms with Gasteiger partial charge in [-0.25, -0.2) is 4.98 Å². The zero-order chi connectivity index (χ0) is 17.3. The molecule has 0 bridgehead atoms. The normalized spacial score (nSPS) is 10.8. The number of aromatic nitrogens is 1. The lowest BCUT2D eigenvalue weighted by atomic mass is 9.93. The van der Waals surface area contributed by atoms with E-state index in [0.29, 0.717) is 18.1 Å². The summed E-state index contributed by atoms with van der Waals surface area (Å²) in [6.45, 7) is 8.03. The van der Waals surface area contributed by atoms with Crippen molar-refractivity contribution in [3.8, 4) is 17.0 Å². The van der Waals surface area contributed by atoms with Gasteiger partial charge in [0, 0.05) is 10.9 Å². The topological polar surface area (TPSA) is 39.2 Å². The number of carbonyl (C=O) groups excluding carboxylic acids is 1. The number of nitrogens with zero attached hydrogens (tertiary/aromatic N) is 1. The number of hydrogen-bond acceptors (Lipinski definition) is 3. The van der Waals surface area contributed by atoms with Crippen molar-refractivity contribution in [1.29, 1.82) is 0 Å². The average Bonchev–Trinajstić information content (AvgIpc) is 2.55. The summed E-state index contributed by atoms with van der Waals surface area (Å²) in [7, 11) is 0. The van der Waals surface area contributed by atoms with Crippen molar-refractivity contribution in [2.45, 2.75) is 27.7 Å². The van der Waals surface area contributed by atoms with Crippen molar-refractivity contribution in [3.63, 3.8) is 0 Å². The van der Waals surface area contributed by atoms with E-state index in [1.165, 1.54) is 5.56 Å². The van der Waals surface area contributed by atoms with Crippen LogP contribution in [0.5, 0.6) is 5.88 Å². The first-order valence-electron chi connectivity index (χ1n) is 8.16. The fourth-order valence-corrected chi connectivity index (χ4v) is 2.94. The van der Waals surface area contributed by atoms with Gasteiger partial charge in [0.1, 0.15) is 0 Å². The molecule has 122 valence electrons. The Morgan fingerprint density at radius 1 is 1.04 bits per heavy atom. The van der Waals surface area contributed by atoms with Gasteiger partial charge < -0.3 is 4.74 Å². The first kappa shape index (κ1) is 16.2. The summed E-state index contributed by atoms with van der Waals surface area (Å²) in [5, 5.41) is 0.979. The number of pyridine rings is 1. The highest BCUT2D eigenvalue weighted by atomic mass is 16.5. The summed E-state index contributed by atoms with van der Waals surface area (Å²) in [5.41, 5.74) is 5.62. The first-order valence-corrected chi connectivity index (χ1v) is 8.16. The number of ketones is 1. The van der Waals surface area contributed by atoms with E-state index in [4.69, 9.17) is 4.74 Å². The Hall–Kier alpha value is -2.68. The van der Waals surface area contributed by atoms with Crippen LogP contribution in [0.1, 0.15) is 35.3 Å². The van der Waals surface area contributed by atoms with E-state index >= 15 is 0 Å². The van der Waals surface area contributed by atoms with Gasteiger partial charge in [-0.2, -0.15) is 0 Å². The molecule has 2 aromatic carbocycles. The molecule has 0 unspecified atom stereocenters. The Bertz CT molecular complexity index is 911. The second-order valence-electron chi connectivity index (χ2n) is 6.04. The number of Topliss-reactive ketones (excluding diaryl/α,β-unsaturated/α-hetero) is 1. The molecule has 3 nitrogen and oxygen atoms in total. The lowest BCUT2D eigenvalue weighted by Crippen LogP contribution is -2.06. The molecule has 0 radical (unpaired) electrons. The van der Waals surface area contributed by atoms with Crippen LogP contribution < -0.4 is 4.74 Å². The van der Waals surface area contributed by atoms with Crippen LogP contribution in [0.25, 0.3) is 22.0 Å². The predicted octanol–water partition coefficient (Wildman–Crippen LogP) is 5.12. The van der Waals surface area contributed by atoms with Crippen molar-refractivity contribution in [2.24, 2.45) is 0 Å². The fourth-order valence-electron chi connectivity index (χ4n) is 2.94. The van der Waals surface area contributed by atoms with Crippen LogP contribution in [-0.4, -0.2) is 17.4 Å². The molecule has 0 saturated carbocycles. The van der Waals surface area contributed by atoms with Crippen LogP contribution in [0.3, 0.4) is 0 Å². The minimum Gasteiger partial charge on any atom is -0.477 e. The van der Waals surface area contributed by atoms with Crippen molar-refractivity contribution in [3.05, 3.63) is 59.2 Å². The van der Waals surface area contributed by atoms with E-state index in [2.05, 4.69) is 42.2 Å². The predicted molar refractivity (Wildman–Crippen MR) is 97.8 cm³/mol. The number of carbonyl (C=O) groups is 1. The van der Waals surface area contributed by atoms with Gasteiger partial charge in [0.15, 0.2) is 5.78 Å². The summed E-state index contributed by atoms with van der Waals surface area (Å²) in [6.07, 6.45) is 0. The minimum atomic E-state index is -0.0371. The maximum Gasteiger partial charge on any atom is 0.225 e. The van der Waals surface area contributed by atoms with Crippen molar-refractivity contribution in [2.75, 3.05) is 6.61 Å². The molecule has 24 heavy (non-hydrogen) atoms. The molecule has 0 aliphatic heterocycles. The molecule has 3 aromatic rings. The smallest absolute Gasteiger partial charge is 0.225 e. The molecule has 0 fully saturated rings. The zero-order valence-electron chi connectivity index (χ0n) is 14.5. The Balaban J connectivity index is 2.44. The van der Waals surface area contributed by atoms with Gasteiger partial charge in [0.05, 0.1) is 17.7 Å². The molecule has 3 heteroatoms. The summed E-state index contributed by atoms with van der Waals surface area (Å²) in [5.74, 6) is 0.377. The summed E-state index contributed by atoms with van der Waals surface area (Å²) >= 11 is 0. The highest BCUT2D eigenvalue weighted by Gasteiger charge is 2.21. The Labute approximate surface area is 142 Å². The van der Waals surface area contributed by atoms with Gasteiger partial charge in [0.25, 0.3) is 0 Å². The number of hydrogen-bond donors (Lipinski definition) is 0. The molecular weight excluding hydrogens is 298 g/mol. The minimum absolute atomic E-state index is 0.0371. The zero-order valence-corrected chi connectivity index (χ0v) is 14.5. The fraction of sp³-hybridized carbons (Fsp3) is 0.238. The monoisotopic (exact) mass is 319 g/mol. The van der Waals surface area contributed by atoms with Gasteiger partial charge in [-0.15, -0.1) is 0 Å². The van der Waals surface area contributed by atoms with E-state index in [-0.39, 0.29) is 5.78 Å². The Kier molecular flexibility index (Phi) is 4.34. The molecule has 0 amide bonds. The maximum absolute atomic E-state index is 12.4. The van der Waals surface area contributed by atoms with Crippen LogP contribution in [0.15, 0.2) is 42.5 Å². The van der Waals surface area contributed by atoms with E-state index in [1.807, 2.05) is 26.0 Å². The lowest BCUT2D eigenvalue weighted by Gasteiger charge is -2.16. The van der Waals surface area contributed by atoms with Crippen LogP contribution in [0, 0.1) is 13.8 Å². The molecule has 0 atom stereocenters. The van der Waals surface area contributed by atoms with Crippen molar-refractivity contribution < 1.29 is 9.53 Å². The van der Waals surface area contributed by atoms with E-state index in [1.54, 1.807) is 6.92 Å². The van der Waals surface area contributed by atoms with Crippen molar-refractivity contribution >= 4 is 16.7 Å². The van der Waals surface area contributed by atoms with Gasteiger partial charge >= 0.3 is 0 Å². The number of rotatable bonds is 4. The van der Waals surface area contributed by atoms with Gasteiger partial charge in [-0.05, 0) is 45.4 Å². The largest absolute Gasteiger partial charge is 0.477 e. The van der Waals surface area contributed by atoms with Gasteiger partial charge in [-0.3, -0.25) is 4.79 Å². The molecule has 3 rings (SSSR count). The van der Waals surface area contributed by atoms with Crippen molar-refractivity contribution in [1.82, 2.24) is 4.98 Å². The summed E-state index contributed by atoms with van der Waals surface area (Å²) in [4.78, 5) is 17.0. The molecule has 0 N–H and O–H groups in total. The second kappa shape index (κ2) is 6.44. The number of benzene rings is 2. The standard InChI is InChI=1S/C21H21NO2/c1-5-24-21-19(15(4)23)20(16-9-6-13(2)7-10-16)17-12-14(3)8-11-18(17)22-21/h6-12H,5H2,1-4H3. The quantitative estimate of drug-likeness (QED) is 0.627. The average molecular weight is 319 g/mol. The molecule has 0 aliphatic carbocycles.